The molecule has 4 nitrogen and oxygen atoms in total. The van der Waals surface area contributed by atoms with Crippen LogP contribution >= 0.6 is 0 Å². The van der Waals surface area contributed by atoms with Crippen LogP contribution in [-0.2, 0) is 10.3 Å². The zero-order valence-corrected chi connectivity index (χ0v) is 10.9. The zero-order chi connectivity index (χ0) is 12.3. The van der Waals surface area contributed by atoms with Gasteiger partial charge in [-0.3, -0.25) is 0 Å². The summed E-state index contributed by atoms with van der Waals surface area (Å²) in [6.45, 7) is 2.27. The lowest BCUT2D eigenvalue weighted by Crippen LogP contribution is -2.36. The van der Waals surface area contributed by atoms with Crippen molar-refractivity contribution in [2.24, 2.45) is 5.92 Å². The van der Waals surface area contributed by atoms with E-state index >= 15 is 0 Å². The van der Waals surface area contributed by atoms with Gasteiger partial charge in [-0.25, -0.2) is 9.97 Å². The Labute approximate surface area is 103 Å². The Hall–Kier alpha value is -1.16. The fraction of sp³-hybridized carbons (Fsp3) is 0.692. The average molecular weight is 235 g/mol. The summed E-state index contributed by atoms with van der Waals surface area (Å²) in [6.07, 6.45) is 6.28. The molecule has 0 aliphatic heterocycles. The molecule has 0 spiro atoms. The highest BCUT2D eigenvalue weighted by Crippen LogP contribution is 2.41. The Morgan fingerprint density at radius 1 is 1.53 bits per heavy atom. The zero-order valence-electron chi connectivity index (χ0n) is 10.9. The lowest BCUT2D eigenvalue weighted by atomic mass is 9.78. The molecular formula is C13H21N3O. The number of nitrogens with zero attached hydrogens (tertiary/aromatic N) is 2. The molecule has 1 aromatic heterocycles. The number of aromatic nitrogens is 2. The van der Waals surface area contributed by atoms with E-state index in [9.17, 15) is 0 Å². The Morgan fingerprint density at radius 2 is 2.35 bits per heavy atom. The van der Waals surface area contributed by atoms with Gasteiger partial charge in [-0.2, -0.15) is 0 Å². The van der Waals surface area contributed by atoms with Crippen molar-refractivity contribution in [1.29, 1.82) is 0 Å². The summed E-state index contributed by atoms with van der Waals surface area (Å²) < 4.78 is 5.78. The maximum Gasteiger partial charge on any atom is 0.162 e. The van der Waals surface area contributed by atoms with E-state index in [0.717, 1.165) is 24.5 Å². The number of rotatable bonds is 3. The summed E-state index contributed by atoms with van der Waals surface area (Å²) in [6, 6.07) is 1.87. The van der Waals surface area contributed by atoms with Crippen molar-refractivity contribution in [1.82, 2.24) is 9.97 Å². The molecule has 2 unspecified atom stereocenters. The topological polar surface area (TPSA) is 47.0 Å². The maximum atomic E-state index is 5.78. The molecular weight excluding hydrogens is 214 g/mol. The molecule has 0 amide bonds. The molecule has 2 rings (SSSR count). The predicted octanol–water partition coefficient (Wildman–Crippen LogP) is 2.57. The van der Waals surface area contributed by atoms with E-state index in [2.05, 4.69) is 22.2 Å². The summed E-state index contributed by atoms with van der Waals surface area (Å²) in [5.41, 5.74) is -0.287. The van der Waals surface area contributed by atoms with Crippen LogP contribution in [0.25, 0.3) is 0 Å². The van der Waals surface area contributed by atoms with E-state index in [1.54, 1.807) is 13.3 Å². The summed E-state index contributed by atoms with van der Waals surface area (Å²) in [5, 5.41) is 3.05. The van der Waals surface area contributed by atoms with E-state index in [4.69, 9.17) is 4.74 Å². The largest absolute Gasteiger partial charge is 0.373 e. The molecule has 0 aromatic carbocycles. The first kappa shape index (κ1) is 12.3. The Kier molecular flexibility index (Phi) is 3.62. The lowest BCUT2D eigenvalue weighted by Gasteiger charge is -2.37. The summed E-state index contributed by atoms with van der Waals surface area (Å²) in [7, 11) is 3.64. The number of methoxy groups -OCH3 is 1. The lowest BCUT2D eigenvalue weighted by molar-refractivity contribution is -0.0645. The van der Waals surface area contributed by atoms with Crippen LogP contribution in [0.5, 0.6) is 0 Å². The fourth-order valence-corrected chi connectivity index (χ4v) is 2.70. The van der Waals surface area contributed by atoms with Gasteiger partial charge in [0.2, 0.25) is 0 Å². The second-order valence-corrected chi connectivity index (χ2v) is 4.92. The van der Waals surface area contributed by atoms with Crippen molar-refractivity contribution in [3.05, 3.63) is 18.1 Å². The number of anilines is 1. The number of hydrogen-bond acceptors (Lipinski definition) is 4. The second-order valence-electron chi connectivity index (χ2n) is 4.92. The van der Waals surface area contributed by atoms with Gasteiger partial charge in [0.15, 0.2) is 5.82 Å². The number of hydrogen-bond donors (Lipinski definition) is 1. The number of nitrogens with one attached hydrogen (secondary N) is 1. The minimum atomic E-state index is -0.287. The SMILES string of the molecule is CNc1ccnc(C2(OC)CCCC(C)C2)n1. The van der Waals surface area contributed by atoms with Crippen LogP contribution < -0.4 is 5.32 Å². The molecule has 2 atom stereocenters. The van der Waals surface area contributed by atoms with Gasteiger partial charge in [0.05, 0.1) is 0 Å². The molecule has 0 bridgehead atoms. The van der Waals surface area contributed by atoms with E-state index in [-0.39, 0.29) is 5.60 Å². The van der Waals surface area contributed by atoms with Gasteiger partial charge in [-0.15, -0.1) is 0 Å². The van der Waals surface area contributed by atoms with Gasteiger partial charge in [0.25, 0.3) is 0 Å². The van der Waals surface area contributed by atoms with Gasteiger partial charge in [-0.1, -0.05) is 13.3 Å². The van der Waals surface area contributed by atoms with Crippen molar-refractivity contribution in [3.8, 4) is 0 Å². The Morgan fingerprint density at radius 3 is 3.00 bits per heavy atom. The van der Waals surface area contributed by atoms with Crippen molar-refractivity contribution < 1.29 is 4.74 Å². The monoisotopic (exact) mass is 235 g/mol. The average Bonchev–Trinajstić information content (AvgIpc) is 2.38. The van der Waals surface area contributed by atoms with Crippen LogP contribution in [0.15, 0.2) is 12.3 Å². The molecule has 1 aromatic rings. The third kappa shape index (κ3) is 2.41. The third-order valence-corrected chi connectivity index (χ3v) is 3.67. The summed E-state index contributed by atoms with van der Waals surface area (Å²) in [4.78, 5) is 8.96. The first-order chi connectivity index (χ1) is 8.20. The van der Waals surface area contributed by atoms with E-state index in [1.165, 1.54) is 12.8 Å². The summed E-state index contributed by atoms with van der Waals surface area (Å²) in [5.74, 6) is 2.34. The molecule has 0 radical (unpaired) electrons. The molecule has 4 heteroatoms. The molecule has 1 aliphatic carbocycles. The quantitative estimate of drug-likeness (QED) is 0.874. The molecule has 1 N–H and O–H groups in total. The normalized spacial score (nSPS) is 29.0. The van der Waals surface area contributed by atoms with Crippen molar-refractivity contribution in [3.63, 3.8) is 0 Å². The van der Waals surface area contributed by atoms with E-state index < -0.39 is 0 Å². The molecule has 1 heterocycles. The predicted molar refractivity (Wildman–Crippen MR) is 67.9 cm³/mol. The highest BCUT2D eigenvalue weighted by molar-refractivity contribution is 5.32. The Bertz CT molecular complexity index is 383. The molecule has 1 saturated carbocycles. The summed E-state index contributed by atoms with van der Waals surface area (Å²) >= 11 is 0. The van der Waals surface area contributed by atoms with Gasteiger partial charge in [0, 0.05) is 20.4 Å². The van der Waals surface area contributed by atoms with Crippen LogP contribution in [-0.4, -0.2) is 24.1 Å². The maximum absolute atomic E-state index is 5.78. The van der Waals surface area contributed by atoms with Crippen molar-refractivity contribution in [2.75, 3.05) is 19.5 Å². The van der Waals surface area contributed by atoms with Gasteiger partial charge in [-0.05, 0) is 31.2 Å². The minimum Gasteiger partial charge on any atom is -0.373 e. The Balaban J connectivity index is 2.32. The smallest absolute Gasteiger partial charge is 0.162 e. The van der Waals surface area contributed by atoms with Gasteiger partial charge < -0.3 is 10.1 Å². The second kappa shape index (κ2) is 5.00. The molecule has 17 heavy (non-hydrogen) atoms. The molecule has 94 valence electrons. The van der Waals surface area contributed by atoms with Crippen molar-refractivity contribution >= 4 is 5.82 Å². The van der Waals surface area contributed by atoms with Crippen LogP contribution in [0.3, 0.4) is 0 Å². The standard InChI is InChI=1S/C13H21N3O/c1-10-5-4-7-13(9-10,17-3)12-15-8-6-11(14-2)16-12/h6,8,10H,4-5,7,9H2,1-3H3,(H,14,15,16). The molecule has 1 aliphatic rings. The third-order valence-electron chi connectivity index (χ3n) is 3.67. The highest BCUT2D eigenvalue weighted by atomic mass is 16.5. The minimum absolute atomic E-state index is 0.287. The van der Waals surface area contributed by atoms with E-state index in [0.29, 0.717) is 5.92 Å². The van der Waals surface area contributed by atoms with Crippen LogP contribution in [0.1, 0.15) is 38.4 Å². The first-order valence-electron chi connectivity index (χ1n) is 6.26. The van der Waals surface area contributed by atoms with E-state index in [1.807, 2.05) is 13.1 Å². The van der Waals surface area contributed by atoms with Crippen LogP contribution in [0.4, 0.5) is 5.82 Å². The molecule has 1 fully saturated rings. The number of ether oxygens (including phenoxy) is 1. The van der Waals surface area contributed by atoms with Crippen molar-refractivity contribution in [2.45, 2.75) is 38.2 Å². The van der Waals surface area contributed by atoms with Crippen LogP contribution in [0.2, 0.25) is 0 Å². The molecule has 0 saturated heterocycles. The highest BCUT2D eigenvalue weighted by Gasteiger charge is 2.39. The van der Waals surface area contributed by atoms with Gasteiger partial charge in [0.1, 0.15) is 11.4 Å². The first-order valence-corrected chi connectivity index (χ1v) is 6.26. The fourth-order valence-electron chi connectivity index (χ4n) is 2.70. The van der Waals surface area contributed by atoms with Crippen LogP contribution in [0, 0.1) is 5.92 Å². The van der Waals surface area contributed by atoms with Gasteiger partial charge >= 0.3 is 0 Å².